The third-order valence-electron chi connectivity index (χ3n) is 5.23. The van der Waals surface area contributed by atoms with Crippen LogP contribution in [-0.2, 0) is 19.6 Å². The monoisotopic (exact) mass is 461 g/mol. The summed E-state index contributed by atoms with van der Waals surface area (Å²) in [5.41, 5.74) is 1.91. The van der Waals surface area contributed by atoms with Gasteiger partial charge in [0.1, 0.15) is 5.69 Å². The number of aryl methyl sites for hydroxylation is 1. The number of sulfonamides is 1. The van der Waals surface area contributed by atoms with Crippen molar-refractivity contribution in [2.75, 3.05) is 18.5 Å². The van der Waals surface area contributed by atoms with Crippen LogP contribution in [0.25, 0.3) is 0 Å². The molecule has 0 atom stereocenters. The number of amides is 1. The van der Waals surface area contributed by atoms with Gasteiger partial charge in [-0.25, -0.2) is 13.2 Å². The maximum absolute atomic E-state index is 13.3. The average molecular weight is 462 g/mol. The van der Waals surface area contributed by atoms with Gasteiger partial charge in [-0.15, -0.1) is 0 Å². The van der Waals surface area contributed by atoms with Gasteiger partial charge in [0.2, 0.25) is 15.9 Å². The van der Waals surface area contributed by atoms with Crippen molar-refractivity contribution in [2.45, 2.75) is 51.5 Å². The zero-order valence-electron chi connectivity index (χ0n) is 18.5. The highest BCUT2D eigenvalue weighted by molar-refractivity contribution is 7.89. The van der Waals surface area contributed by atoms with Crippen molar-refractivity contribution < 1.29 is 27.5 Å². The highest BCUT2D eigenvalue weighted by atomic mass is 32.2. The van der Waals surface area contributed by atoms with Gasteiger partial charge in [-0.05, 0) is 63.4 Å². The molecule has 3 rings (SSSR count). The van der Waals surface area contributed by atoms with E-state index in [9.17, 15) is 22.8 Å². The number of ether oxygens (including phenoxy) is 1. The lowest BCUT2D eigenvalue weighted by Crippen LogP contribution is -2.37. The first-order valence-corrected chi connectivity index (χ1v) is 11.8. The number of carbonyl (C=O) groups excluding carboxylic acids is 3. The number of Topliss-reactive ketones (excluding diaryl/α,β-unsaturated/α-hetero) is 1. The quantitative estimate of drug-likeness (QED) is 0.437. The lowest BCUT2D eigenvalue weighted by atomic mass is 10.1. The van der Waals surface area contributed by atoms with Crippen molar-refractivity contribution in [2.24, 2.45) is 0 Å². The first-order valence-electron chi connectivity index (χ1n) is 10.3. The Morgan fingerprint density at radius 1 is 1.16 bits per heavy atom. The second kappa shape index (κ2) is 9.25. The van der Waals surface area contributed by atoms with Crippen molar-refractivity contribution >= 4 is 33.4 Å². The van der Waals surface area contributed by atoms with Gasteiger partial charge < -0.3 is 15.0 Å². The minimum absolute atomic E-state index is 0.0426. The molecule has 2 N–H and O–H groups in total. The maximum Gasteiger partial charge on any atom is 0.355 e. The van der Waals surface area contributed by atoms with Crippen LogP contribution in [0.15, 0.2) is 29.2 Å². The van der Waals surface area contributed by atoms with E-state index in [1.165, 1.54) is 35.5 Å². The maximum atomic E-state index is 13.3. The van der Waals surface area contributed by atoms with Crippen molar-refractivity contribution in [3.05, 3.63) is 46.8 Å². The molecule has 1 fully saturated rings. The molecule has 1 amide bonds. The number of anilines is 1. The standard InChI is InChI=1S/C22H27N3O6S/c1-5-31-22(28)21-13(2)20(14(3)23-21)19(27)12-25(17-8-9-17)32(29,30)18-10-6-16(7-11-18)24-15(4)26/h6-7,10-11,17,23H,5,8-9,12H2,1-4H3,(H,24,26). The fraction of sp³-hybridized carbons (Fsp3) is 0.409. The lowest BCUT2D eigenvalue weighted by molar-refractivity contribution is -0.114. The van der Waals surface area contributed by atoms with Crippen LogP contribution in [-0.4, -0.2) is 54.6 Å². The molecule has 32 heavy (non-hydrogen) atoms. The van der Waals surface area contributed by atoms with Gasteiger partial charge in [-0.3, -0.25) is 9.59 Å². The molecule has 1 aromatic heterocycles. The van der Waals surface area contributed by atoms with E-state index in [0.717, 1.165) is 0 Å². The van der Waals surface area contributed by atoms with Gasteiger partial charge in [-0.1, -0.05) is 0 Å². The summed E-state index contributed by atoms with van der Waals surface area (Å²) in [5, 5.41) is 2.59. The Balaban J connectivity index is 1.87. The highest BCUT2D eigenvalue weighted by Crippen LogP contribution is 2.33. The Morgan fingerprint density at radius 3 is 2.31 bits per heavy atom. The molecule has 1 heterocycles. The molecule has 172 valence electrons. The van der Waals surface area contributed by atoms with Crippen LogP contribution < -0.4 is 5.32 Å². The molecular formula is C22H27N3O6S. The van der Waals surface area contributed by atoms with E-state index in [2.05, 4.69) is 10.3 Å². The number of esters is 1. The van der Waals surface area contributed by atoms with Gasteiger partial charge in [0, 0.05) is 29.9 Å². The van der Waals surface area contributed by atoms with Crippen LogP contribution in [0.2, 0.25) is 0 Å². The van der Waals surface area contributed by atoms with E-state index in [1.54, 1.807) is 20.8 Å². The summed E-state index contributed by atoms with van der Waals surface area (Å²) >= 11 is 0. The number of nitrogens with zero attached hydrogens (tertiary/aromatic N) is 1. The largest absolute Gasteiger partial charge is 0.461 e. The summed E-state index contributed by atoms with van der Waals surface area (Å²) in [6.07, 6.45) is 1.35. The fourth-order valence-corrected chi connectivity index (χ4v) is 5.26. The van der Waals surface area contributed by atoms with Gasteiger partial charge in [0.25, 0.3) is 0 Å². The minimum Gasteiger partial charge on any atom is -0.461 e. The SMILES string of the molecule is CCOC(=O)c1[nH]c(C)c(C(=O)CN(C2CC2)S(=O)(=O)c2ccc(NC(C)=O)cc2)c1C. The molecule has 0 unspecified atom stereocenters. The molecule has 10 heteroatoms. The number of carbonyl (C=O) groups is 3. The van der Waals surface area contributed by atoms with Crippen molar-refractivity contribution in [3.8, 4) is 0 Å². The number of benzene rings is 1. The van der Waals surface area contributed by atoms with Crippen molar-refractivity contribution in [1.82, 2.24) is 9.29 Å². The summed E-state index contributed by atoms with van der Waals surface area (Å²) in [4.78, 5) is 39.4. The molecule has 9 nitrogen and oxygen atoms in total. The molecular weight excluding hydrogens is 434 g/mol. The summed E-state index contributed by atoms with van der Waals surface area (Å²) in [6, 6.07) is 5.58. The zero-order valence-corrected chi connectivity index (χ0v) is 19.3. The molecule has 0 saturated heterocycles. The molecule has 1 aromatic carbocycles. The lowest BCUT2D eigenvalue weighted by Gasteiger charge is -2.21. The number of hydrogen-bond acceptors (Lipinski definition) is 6. The predicted molar refractivity (Wildman–Crippen MR) is 118 cm³/mol. The average Bonchev–Trinajstić information content (AvgIpc) is 3.50. The van der Waals surface area contributed by atoms with Crippen LogP contribution in [0.5, 0.6) is 0 Å². The Morgan fingerprint density at radius 2 is 1.78 bits per heavy atom. The van der Waals surface area contributed by atoms with Gasteiger partial charge >= 0.3 is 5.97 Å². The van der Waals surface area contributed by atoms with Crippen LogP contribution in [0.1, 0.15) is 58.8 Å². The minimum atomic E-state index is -3.93. The Labute approximate surface area is 187 Å². The van der Waals surface area contributed by atoms with Gasteiger partial charge in [-0.2, -0.15) is 4.31 Å². The van der Waals surface area contributed by atoms with Gasteiger partial charge in [0.05, 0.1) is 18.0 Å². The molecule has 0 bridgehead atoms. The zero-order chi connectivity index (χ0) is 23.6. The molecule has 0 aliphatic heterocycles. The predicted octanol–water partition coefficient (Wildman–Crippen LogP) is 2.80. The smallest absolute Gasteiger partial charge is 0.355 e. The molecule has 2 aromatic rings. The highest BCUT2D eigenvalue weighted by Gasteiger charge is 2.40. The normalized spacial score (nSPS) is 13.8. The van der Waals surface area contributed by atoms with E-state index in [1.807, 2.05) is 0 Å². The summed E-state index contributed by atoms with van der Waals surface area (Å²) in [5.74, 6) is -1.21. The van der Waals surface area contributed by atoms with E-state index >= 15 is 0 Å². The second-order valence-electron chi connectivity index (χ2n) is 7.76. The molecule has 1 aliphatic carbocycles. The summed E-state index contributed by atoms with van der Waals surface area (Å²) in [6.45, 7) is 6.23. The van der Waals surface area contributed by atoms with E-state index in [0.29, 0.717) is 35.3 Å². The number of rotatable bonds is 9. The number of nitrogens with one attached hydrogen (secondary N) is 2. The van der Waals surface area contributed by atoms with Crippen LogP contribution >= 0.6 is 0 Å². The Hall–Kier alpha value is -2.98. The Bertz CT molecular complexity index is 1150. The molecule has 0 spiro atoms. The Kier molecular flexibility index (Phi) is 6.85. The topological polar surface area (TPSA) is 126 Å². The molecule has 0 radical (unpaired) electrons. The van der Waals surface area contributed by atoms with E-state index < -0.39 is 21.8 Å². The van der Waals surface area contributed by atoms with Crippen molar-refractivity contribution in [1.29, 1.82) is 0 Å². The third-order valence-corrected chi connectivity index (χ3v) is 7.14. The molecule has 1 saturated carbocycles. The number of H-pyrrole nitrogens is 1. The van der Waals surface area contributed by atoms with Crippen molar-refractivity contribution in [3.63, 3.8) is 0 Å². The summed E-state index contributed by atoms with van der Waals surface area (Å²) < 4.78 is 32.8. The van der Waals surface area contributed by atoms with Crippen LogP contribution in [0.4, 0.5) is 5.69 Å². The van der Waals surface area contributed by atoms with Crippen LogP contribution in [0.3, 0.4) is 0 Å². The first-order chi connectivity index (χ1) is 15.1. The van der Waals surface area contributed by atoms with Gasteiger partial charge in [0.15, 0.2) is 5.78 Å². The first kappa shape index (κ1) is 23.7. The second-order valence-corrected chi connectivity index (χ2v) is 9.65. The number of hydrogen-bond donors (Lipinski definition) is 2. The summed E-state index contributed by atoms with van der Waals surface area (Å²) in [7, 11) is -3.93. The molecule has 1 aliphatic rings. The van der Waals surface area contributed by atoms with E-state index in [4.69, 9.17) is 4.74 Å². The van der Waals surface area contributed by atoms with Crippen LogP contribution in [0, 0.1) is 13.8 Å². The van der Waals surface area contributed by atoms with E-state index in [-0.39, 0.29) is 35.7 Å². The third kappa shape index (κ3) is 4.91. The number of ketones is 1. The number of aromatic nitrogens is 1. The number of aromatic amines is 1. The fourth-order valence-electron chi connectivity index (χ4n) is 3.62.